The Kier molecular flexibility index (Phi) is 4.34. The lowest BCUT2D eigenvalue weighted by molar-refractivity contribution is 0.0791. The number of carboxylic acid groups (broad SMARTS) is 1. The number of amides is 1. The lowest BCUT2D eigenvalue weighted by Gasteiger charge is -2.31. The molecule has 19 heavy (non-hydrogen) atoms. The van der Waals surface area contributed by atoms with Crippen molar-refractivity contribution < 1.29 is 14.6 Å². The van der Waals surface area contributed by atoms with Gasteiger partial charge in [0, 0.05) is 11.0 Å². The van der Waals surface area contributed by atoms with Crippen LogP contribution in [0, 0.1) is 13.8 Å². The normalized spacial score (nSPS) is 19.3. The summed E-state index contributed by atoms with van der Waals surface area (Å²) in [4.78, 5) is 12.4. The Hall–Kier alpha value is -1.23. The summed E-state index contributed by atoms with van der Waals surface area (Å²) in [6, 6.07) is 3.97. The molecule has 1 atom stereocenters. The number of hydrogen-bond donors (Lipinski definition) is 1. The van der Waals surface area contributed by atoms with Gasteiger partial charge in [0.25, 0.3) is 0 Å². The van der Waals surface area contributed by atoms with E-state index < -0.39 is 6.09 Å². The molecule has 5 heteroatoms. The Morgan fingerprint density at radius 2 is 2.05 bits per heavy atom. The van der Waals surface area contributed by atoms with Crippen LogP contribution in [0.4, 0.5) is 4.79 Å². The third-order valence-corrected chi connectivity index (χ3v) is 4.61. The van der Waals surface area contributed by atoms with E-state index in [1.165, 1.54) is 4.90 Å². The number of piperidine rings is 1. The second-order valence-electron chi connectivity index (χ2n) is 4.98. The van der Waals surface area contributed by atoms with Gasteiger partial charge in [-0.3, -0.25) is 0 Å². The largest absolute Gasteiger partial charge is 0.489 e. The number of hydrogen-bond acceptors (Lipinski definition) is 2. The summed E-state index contributed by atoms with van der Waals surface area (Å²) in [6.07, 6.45) is 0.838. The van der Waals surface area contributed by atoms with Gasteiger partial charge in [0.05, 0.1) is 6.54 Å². The summed E-state index contributed by atoms with van der Waals surface area (Å²) in [6.45, 7) is 5.10. The van der Waals surface area contributed by atoms with E-state index in [2.05, 4.69) is 15.9 Å². The minimum atomic E-state index is -0.864. The van der Waals surface area contributed by atoms with Gasteiger partial charge in [0.15, 0.2) is 0 Å². The van der Waals surface area contributed by atoms with Crippen molar-refractivity contribution in [2.45, 2.75) is 32.8 Å². The lowest BCUT2D eigenvalue weighted by Crippen LogP contribution is -2.43. The Morgan fingerprint density at radius 3 is 2.63 bits per heavy atom. The van der Waals surface area contributed by atoms with E-state index >= 15 is 0 Å². The molecule has 1 aliphatic rings. The molecule has 1 aliphatic heterocycles. The summed E-state index contributed by atoms with van der Waals surface area (Å²) < 4.78 is 7.02. The fourth-order valence-electron chi connectivity index (χ4n) is 2.37. The smallest absolute Gasteiger partial charge is 0.407 e. The van der Waals surface area contributed by atoms with Crippen molar-refractivity contribution in [1.29, 1.82) is 0 Å². The number of rotatable bonds is 2. The van der Waals surface area contributed by atoms with Crippen molar-refractivity contribution in [2.24, 2.45) is 0 Å². The summed E-state index contributed by atoms with van der Waals surface area (Å²) in [5, 5.41) is 9.01. The first kappa shape index (κ1) is 14.2. The monoisotopic (exact) mass is 327 g/mol. The molecule has 0 radical (unpaired) electrons. The lowest BCUT2D eigenvalue weighted by atomic mass is 10.1. The van der Waals surface area contributed by atoms with Crippen LogP contribution in [0.15, 0.2) is 16.6 Å². The van der Waals surface area contributed by atoms with E-state index in [0.717, 1.165) is 34.2 Å². The number of nitrogens with zero attached hydrogens (tertiary/aromatic N) is 1. The molecule has 1 fully saturated rings. The topological polar surface area (TPSA) is 49.8 Å². The molecule has 1 N–H and O–H groups in total. The van der Waals surface area contributed by atoms with Crippen molar-refractivity contribution >= 4 is 22.0 Å². The summed E-state index contributed by atoms with van der Waals surface area (Å²) in [5.74, 6) is 0.815. The SMILES string of the molecule is Cc1cc(O[C@@H]2CCCN(C(=O)O)C2)cc(C)c1Br. The number of benzene rings is 1. The highest BCUT2D eigenvalue weighted by molar-refractivity contribution is 9.10. The number of aryl methyl sites for hydroxylation is 2. The average molecular weight is 328 g/mol. The summed E-state index contributed by atoms with van der Waals surface area (Å²) >= 11 is 3.53. The maximum atomic E-state index is 11.0. The van der Waals surface area contributed by atoms with Crippen LogP contribution in [-0.2, 0) is 0 Å². The molecule has 1 saturated heterocycles. The zero-order valence-electron chi connectivity index (χ0n) is 11.1. The van der Waals surface area contributed by atoms with Gasteiger partial charge in [-0.25, -0.2) is 4.79 Å². The van der Waals surface area contributed by atoms with Crippen LogP contribution in [0.5, 0.6) is 5.75 Å². The van der Waals surface area contributed by atoms with Crippen LogP contribution < -0.4 is 4.74 Å². The first-order valence-electron chi connectivity index (χ1n) is 6.38. The van der Waals surface area contributed by atoms with Crippen LogP contribution in [0.2, 0.25) is 0 Å². The van der Waals surface area contributed by atoms with Gasteiger partial charge < -0.3 is 14.7 Å². The minimum absolute atomic E-state index is 0.0511. The van der Waals surface area contributed by atoms with Gasteiger partial charge in [0.1, 0.15) is 11.9 Å². The van der Waals surface area contributed by atoms with Gasteiger partial charge in [-0.05, 0) is 49.9 Å². The van der Waals surface area contributed by atoms with E-state index in [0.29, 0.717) is 13.1 Å². The van der Waals surface area contributed by atoms with Crippen molar-refractivity contribution in [2.75, 3.05) is 13.1 Å². The van der Waals surface area contributed by atoms with Crippen LogP contribution >= 0.6 is 15.9 Å². The second kappa shape index (κ2) is 5.82. The molecule has 0 aliphatic carbocycles. The highest BCUT2D eigenvalue weighted by atomic mass is 79.9. The number of carbonyl (C=O) groups is 1. The van der Waals surface area contributed by atoms with E-state index in [-0.39, 0.29) is 6.10 Å². The molecule has 104 valence electrons. The molecule has 1 heterocycles. The molecule has 0 unspecified atom stereocenters. The molecular formula is C14H18BrNO3. The molecular weight excluding hydrogens is 310 g/mol. The van der Waals surface area contributed by atoms with Crippen LogP contribution in [0.1, 0.15) is 24.0 Å². The molecule has 0 bridgehead atoms. The van der Waals surface area contributed by atoms with E-state index in [1.807, 2.05) is 26.0 Å². The van der Waals surface area contributed by atoms with E-state index in [4.69, 9.17) is 9.84 Å². The number of ether oxygens (including phenoxy) is 1. The van der Waals surface area contributed by atoms with Crippen LogP contribution in [0.3, 0.4) is 0 Å². The summed E-state index contributed by atoms with van der Waals surface area (Å²) in [7, 11) is 0. The van der Waals surface area contributed by atoms with E-state index in [1.54, 1.807) is 0 Å². The Morgan fingerprint density at radius 1 is 1.42 bits per heavy atom. The Balaban J connectivity index is 2.07. The molecule has 1 amide bonds. The summed E-state index contributed by atoms with van der Waals surface area (Å²) in [5.41, 5.74) is 2.25. The highest BCUT2D eigenvalue weighted by Crippen LogP contribution is 2.28. The fraction of sp³-hybridized carbons (Fsp3) is 0.500. The van der Waals surface area contributed by atoms with Gasteiger partial charge in [-0.15, -0.1) is 0 Å². The Labute approximate surface area is 121 Å². The minimum Gasteiger partial charge on any atom is -0.489 e. The molecule has 0 spiro atoms. The van der Waals surface area contributed by atoms with Crippen molar-refractivity contribution in [3.8, 4) is 5.75 Å². The maximum Gasteiger partial charge on any atom is 0.407 e. The second-order valence-corrected chi connectivity index (χ2v) is 5.77. The van der Waals surface area contributed by atoms with Crippen LogP contribution in [-0.4, -0.2) is 35.3 Å². The number of halogens is 1. The molecule has 0 saturated carbocycles. The molecule has 1 aromatic carbocycles. The standard InChI is InChI=1S/C14H18BrNO3/c1-9-6-12(7-10(2)13(9)15)19-11-4-3-5-16(8-11)14(17)18/h6-7,11H,3-5,8H2,1-2H3,(H,17,18)/t11-/m1/s1. The Bertz CT molecular complexity index is 467. The van der Waals surface area contributed by atoms with Gasteiger partial charge in [-0.1, -0.05) is 15.9 Å². The maximum absolute atomic E-state index is 11.0. The van der Waals surface area contributed by atoms with Crippen molar-refractivity contribution in [3.63, 3.8) is 0 Å². The fourth-order valence-corrected chi connectivity index (χ4v) is 2.60. The van der Waals surface area contributed by atoms with Gasteiger partial charge in [0.2, 0.25) is 0 Å². The van der Waals surface area contributed by atoms with Crippen molar-refractivity contribution in [3.05, 3.63) is 27.7 Å². The predicted octanol–water partition coefficient (Wildman–Crippen LogP) is 3.59. The zero-order chi connectivity index (χ0) is 14.0. The zero-order valence-corrected chi connectivity index (χ0v) is 12.7. The van der Waals surface area contributed by atoms with Gasteiger partial charge in [-0.2, -0.15) is 0 Å². The van der Waals surface area contributed by atoms with Gasteiger partial charge >= 0.3 is 6.09 Å². The highest BCUT2D eigenvalue weighted by Gasteiger charge is 2.24. The predicted molar refractivity (Wildman–Crippen MR) is 76.9 cm³/mol. The van der Waals surface area contributed by atoms with E-state index in [9.17, 15) is 4.79 Å². The van der Waals surface area contributed by atoms with Crippen molar-refractivity contribution in [1.82, 2.24) is 4.90 Å². The molecule has 4 nitrogen and oxygen atoms in total. The first-order valence-corrected chi connectivity index (χ1v) is 7.18. The molecule has 0 aromatic heterocycles. The molecule has 1 aromatic rings. The molecule has 2 rings (SSSR count). The third kappa shape index (κ3) is 3.41. The number of likely N-dealkylation sites (tertiary alicyclic amines) is 1. The first-order chi connectivity index (χ1) is 8.97. The third-order valence-electron chi connectivity index (χ3n) is 3.36. The van der Waals surface area contributed by atoms with Crippen LogP contribution in [0.25, 0.3) is 0 Å². The quantitative estimate of drug-likeness (QED) is 0.903. The average Bonchev–Trinajstić information content (AvgIpc) is 2.36.